The average molecular weight is 292 g/mol. The summed E-state index contributed by atoms with van der Waals surface area (Å²) in [6.45, 7) is 4.33. The van der Waals surface area contributed by atoms with Gasteiger partial charge in [0, 0.05) is 18.5 Å². The number of aryl methyl sites for hydroxylation is 1. The molecular weight excluding hydrogens is 268 g/mol. The van der Waals surface area contributed by atoms with Gasteiger partial charge in [0.05, 0.1) is 0 Å². The first-order chi connectivity index (χ1) is 9.89. The summed E-state index contributed by atoms with van der Waals surface area (Å²) >= 11 is 0. The highest BCUT2D eigenvalue weighted by Gasteiger charge is 2.19. The van der Waals surface area contributed by atoms with Crippen molar-refractivity contribution in [3.05, 3.63) is 35.9 Å². The second kappa shape index (κ2) is 8.29. The van der Waals surface area contributed by atoms with Crippen molar-refractivity contribution in [2.45, 2.75) is 45.1 Å². The van der Waals surface area contributed by atoms with Crippen molar-refractivity contribution in [3.8, 4) is 0 Å². The van der Waals surface area contributed by atoms with Crippen LogP contribution in [0.5, 0.6) is 0 Å². The summed E-state index contributed by atoms with van der Waals surface area (Å²) in [6.07, 6.45) is 2.23. The molecule has 0 aromatic heterocycles. The summed E-state index contributed by atoms with van der Waals surface area (Å²) in [5.74, 6) is -0.847. The van der Waals surface area contributed by atoms with Crippen LogP contribution < -0.4 is 10.6 Å². The van der Waals surface area contributed by atoms with Crippen LogP contribution in [0.3, 0.4) is 0 Å². The Bertz CT molecular complexity index is 458. The Morgan fingerprint density at radius 3 is 2.48 bits per heavy atom. The fourth-order valence-electron chi connectivity index (χ4n) is 1.96. The maximum absolute atomic E-state index is 11.7. The van der Waals surface area contributed by atoms with Gasteiger partial charge in [-0.05, 0) is 38.7 Å². The third-order valence-electron chi connectivity index (χ3n) is 3.19. The molecule has 0 aliphatic rings. The van der Waals surface area contributed by atoms with E-state index in [1.807, 2.05) is 32.0 Å². The van der Waals surface area contributed by atoms with Gasteiger partial charge < -0.3 is 15.7 Å². The van der Waals surface area contributed by atoms with E-state index in [1.165, 1.54) is 5.56 Å². The van der Waals surface area contributed by atoms with Crippen molar-refractivity contribution in [2.24, 2.45) is 0 Å². The van der Waals surface area contributed by atoms with Gasteiger partial charge in [-0.15, -0.1) is 0 Å². The first-order valence-electron chi connectivity index (χ1n) is 7.21. The van der Waals surface area contributed by atoms with E-state index in [1.54, 1.807) is 0 Å². The van der Waals surface area contributed by atoms with E-state index >= 15 is 0 Å². The summed E-state index contributed by atoms with van der Waals surface area (Å²) in [5.41, 5.74) is 0.932. The number of carboxylic acid groups (broad SMARTS) is 1. The maximum atomic E-state index is 11.7. The molecule has 0 saturated carbocycles. The van der Waals surface area contributed by atoms with Gasteiger partial charge in [0.25, 0.3) is 0 Å². The third-order valence-corrected chi connectivity index (χ3v) is 3.19. The SMILES string of the molecule is CC(C)(CCc1ccccc1)NC(=O)NCCCC(=O)O. The van der Waals surface area contributed by atoms with E-state index in [2.05, 4.69) is 22.8 Å². The highest BCUT2D eigenvalue weighted by Crippen LogP contribution is 2.13. The van der Waals surface area contributed by atoms with Crippen LogP contribution in [0, 0.1) is 0 Å². The Balaban J connectivity index is 2.27. The van der Waals surface area contributed by atoms with E-state index in [0.29, 0.717) is 13.0 Å². The molecule has 0 atom stereocenters. The number of carboxylic acids is 1. The Morgan fingerprint density at radius 2 is 1.86 bits per heavy atom. The van der Waals surface area contributed by atoms with Crippen LogP contribution >= 0.6 is 0 Å². The lowest BCUT2D eigenvalue weighted by Crippen LogP contribution is -2.48. The number of carbonyl (C=O) groups is 2. The van der Waals surface area contributed by atoms with Gasteiger partial charge in [0.2, 0.25) is 0 Å². The molecule has 5 heteroatoms. The molecule has 1 aromatic rings. The zero-order valence-corrected chi connectivity index (χ0v) is 12.7. The van der Waals surface area contributed by atoms with Crippen LogP contribution in [-0.2, 0) is 11.2 Å². The van der Waals surface area contributed by atoms with Crippen LogP contribution in [0.25, 0.3) is 0 Å². The van der Waals surface area contributed by atoms with Crippen LogP contribution in [0.2, 0.25) is 0 Å². The summed E-state index contributed by atoms with van der Waals surface area (Å²) in [4.78, 5) is 22.1. The molecule has 21 heavy (non-hydrogen) atoms. The Kier molecular flexibility index (Phi) is 6.72. The molecular formula is C16H24N2O3. The zero-order chi connectivity index (χ0) is 15.7. The van der Waals surface area contributed by atoms with Crippen LogP contribution in [0.4, 0.5) is 4.79 Å². The third kappa shape index (κ3) is 7.97. The normalized spacial score (nSPS) is 11.0. The molecule has 3 N–H and O–H groups in total. The molecule has 2 amide bonds. The molecule has 0 saturated heterocycles. The molecule has 0 bridgehead atoms. The molecule has 0 aliphatic carbocycles. The number of hydrogen-bond donors (Lipinski definition) is 3. The predicted molar refractivity (Wildman–Crippen MR) is 82.2 cm³/mol. The molecule has 0 fully saturated rings. The molecule has 1 rings (SSSR count). The lowest BCUT2D eigenvalue weighted by molar-refractivity contribution is -0.137. The van der Waals surface area contributed by atoms with Crippen molar-refractivity contribution < 1.29 is 14.7 Å². The maximum Gasteiger partial charge on any atom is 0.315 e. The monoisotopic (exact) mass is 292 g/mol. The lowest BCUT2D eigenvalue weighted by Gasteiger charge is -2.26. The Labute approximate surface area is 125 Å². The van der Waals surface area contributed by atoms with Crippen LogP contribution in [0.1, 0.15) is 38.7 Å². The zero-order valence-electron chi connectivity index (χ0n) is 12.7. The fraction of sp³-hybridized carbons (Fsp3) is 0.500. The number of rotatable bonds is 8. The first kappa shape index (κ1) is 17.0. The van der Waals surface area contributed by atoms with E-state index < -0.39 is 5.97 Å². The summed E-state index contributed by atoms with van der Waals surface area (Å²) in [5, 5.41) is 14.1. The Morgan fingerprint density at radius 1 is 1.19 bits per heavy atom. The molecule has 0 aliphatic heterocycles. The number of carbonyl (C=O) groups excluding carboxylic acids is 1. The molecule has 0 radical (unpaired) electrons. The minimum atomic E-state index is -0.847. The number of urea groups is 1. The second-order valence-electron chi connectivity index (χ2n) is 5.75. The van der Waals surface area contributed by atoms with Gasteiger partial charge in [-0.3, -0.25) is 4.79 Å². The highest BCUT2D eigenvalue weighted by atomic mass is 16.4. The van der Waals surface area contributed by atoms with Gasteiger partial charge in [0.15, 0.2) is 0 Å². The smallest absolute Gasteiger partial charge is 0.315 e. The van der Waals surface area contributed by atoms with Crippen molar-refractivity contribution in [1.82, 2.24) is 10.6 Å². The molecule has 0 unspecified atom stereocenters. The molecule has 5 nitrogen and oxygen atoms in total. The van der Waals surface area contributed by atoms with Gasteiger partial charge in [0.1, 0.15) is 0 Å². The van der Waals surface area contributed by atoms with E-state index in [-0.39, 0.29) is 18.0 Å². The minimum absolute atomic E-state index is 0.0671. The van der Waals surface area contributed by atoms with Crippen LogP contribution in [0.15, 0.2) is 30.3 Å². The number of nitrogens with one attached hydrogen (secondary N) is 2. The fourth-order valence-corrected chi connectivity index (χ4v) is 1.96. The highest BCUT2D eigenvalue weighted by molar-refractivity contribution is 5.74. The van der Waals surface area contributed by atoms with Gasteiger partial charge in [-0.1, -0.05) is 30.3 Å². The lowest BCUT2D eigenvalue weighted by atomic mass is 9.95. The number of aliphatic carboxylic acids is 1. The molecule has 0 spiro atoms. The van der Waals surface area contributed by atoms with Gasteiger partial charge in [-0.25, -0.2) is 4.79 Å². The largest absolute Gasteiger partial charge is 0.481 e. The summed E-state index contributed by atoms with van der Waals surface area (Å²) in [7, 11) is 0. The van der Waals surface area contributed by atoms with Crippen molar-refractivity contribution >= 4 is 12.0 Å². The van der Waals surface area contributed by atoms with Gasteiger partial charge in [-0.2, -0.15) is 0 Å². The standard InChI is InChI=1S/C16H24N2O3/c1-16(2,11-10-13-7-4-3-5-8-13)18-15(21)17-12-6-9-14(19)20/h3-5,7-8H,6,9-12H2,1-2H3,(H,19,20)(H2,17,18,21). The Hall–Kier alpha value is -2.04. The quantitative estimate of drug-likeness (QED) is 0.644. The molecule has 1 aromatic carbocycles. The molecule has 116 valence electrons. The van der Waals surface area contributed by atoms with E-state index in [4.69, 9.17) is 5.11 Å². The summed E-state index contributed by atoms with van der Waals surface area (Å²) in [6, 6.07) is 9.88. The minimum Gasteiger partial charge on any atom is -0.481 e. The first-order valence-corrected chi connectivity index (χ1v) is 7.21. The predicted octanol–water partition coefficient (Wildman–Crippen LogP) is 2.56. The number of hydrogen-bond acceptors (Lipinski definition) is 2. The topological polar surface area (TPSA) is 78.4 Å². The second-order valence-corrected chi connectivity index (χ2v) is 5.75. The van der Waals surface area contributed by atoms with Crippen LogP contribution in [-0.4, -0.2) is 29.2 Å². The van der Waals surface area contributed by atoms with Crippen molar-refractivity contribution in [3.63, 3.8) is 0 Å². The van der Waals surface area contributed by atoms with Crippen molar-refractivity contribution in [1.29, 1.82) is 0 Å². The number of amides is 2. The van der Waals surface area contributed by atoms with Crippen molar-refractivity contribution in [2.75, 3.05) is 6.54 Å². The van der Waals surface area contributed by atoms with E-state index in [9.17, 15) is 9.59 Å². The number of benzene rings is 1. The molecule has 0 heterocycles. The summed E-state index contributed by atoms with van der Waals surface area (Å²) < 4.78 is 0. The van der Waals surface area contributed by atoms with E-state index in [0.717, 1.165) is 12.8 Å². The average Bonchev–Trinajstić information content (AvgIpc) is 2.42. The van der Waals surface area contributed by atoms with Gasteiger partial charge >= 0.3 is 12.0 Å².